The Kier molecular flexibility index (Phi) is 6.18. The Bertz CT molecular complexity index is 1230. The van der Waals surface area contributed by atoms with Crippen LogP contribution in [0.2, 0.25) is 0 Å². The highest BCUT2D eigenvalue weighted by Crippen LogP contribution is 2.35. The van der Waals surface area contributed by atoms with E-state index in [2.05, 4.69) is 12.1 Å². The number of halogens is 4. The Morgan fingerprint density at radius 2 is 1.73 bits per heavy atom. The van der Waals surface area contributed by atoms with Crippen LogP contribution in [-0.2, 0) is 31.2 Å². The normalized spacial score (nSPS) is 14.5. The van der Waals surface area contributed by atoms with Crippen molar-refractivity contribution in [2.75, 3.05) is 6.54 Å². The number of ether oxygens (including phenoxy) is 1. The summed E-state index contributed by atoms with van der Waals surface area (Å²) in [5, 5.41) is 0.815. The first-order valence-electron chi connectivity index (χ1n) is 10.8. The molecule has 4 nitrogen and oxygen atoms in total. The summed E-state index contributed by atoms with van der Waals surface area (Å²) < 4.78 is 47.0. The predicted molar refractivity (Wildman–Crippen MR) is 131 cm³/mol. The molecule has 0 aliphatic carbocycles. The summed E-state index contributed by atoms with van der Waals surface area (Å²) in [6.45, 7) is 6.63. The molecular weight excluding hydrogens is 544 g/mol. The summed E-state index contributed by atoms with van der Waals surface area (Å²) in [6, 6.07) is 11.9. The van der Waals surface area contributed by atoms with E-state index in [-0.39, 0.29) is 11.8 Å². The average molecular weight is 570 g/mol. The molecule has 8 heteroatoms. The Labute approximate surface area is 204 Å². The van der Waals surface area contributed by atoms with Crippen molar-refractivity contribution in [1.82, 2.24) is 9.47 Å². The van der Waals surface area contributed by atoms with E-state index >= 15 is 0 Å². The van der Waals surface area contributed by atoms with Crippen molar-refractivity contribution in [3.63, 3.8) is 0 Å². The molecule has 176 valence electrons. The van der Waals surface area contributed by atoms with Gasteiger partial charge in [-0.1, -0.05) is 24.3 Å². The van der Waals surface area contributed by atoms with Crippen molar-refractivity contribution in [1.29, 1.82) is 0 Å². The smallest absolute Gasteiger partial charge is 0.410 e. The van der Waals surface area contributed by atoms with Crippen molar-refractivity contribution in [3.8, 4) is 11.1 Å². The lowest BCUT2D eigenvalue weighted by Gasteiger charge is -2.31. The van der Waals surface area contributed by atoms with Crippen molar-refractivity contribution < 1.29 is 22.7 Å². The first kappa shape index (κ1) is 23.9. The molecular formula is C25H26F3IN2O2. The van der Waals surface area contributed by atoms with Gasteiger partial charge in [0, 0.05) is 40.3 Å². The Morgan fingerprint density at radius 3 is 2.39 bits per heavy atom. The van der Waals surface area contributed by atoms with E-state index in [4.69, 9.17) is 4.74 Å². The molecule has 1 aliphatic rings. The van der Waals surface area contributed by atoms with Gasteiger partial charge < -0.3 is 14.2 Å². The SMILES string of the molecule is Cn1c(CC(F)(F)F)c(I)c2ccc(-c3ccc4c(c3)CN(C(=O)OC(C)(C)C)CC4)cc21. The maximum absolute atomic E-state index is 13.1. The van der Waals surface area contributed by atoms with Gasteiger partial charge in [0.25, 0.3) is 0 Å². The van der Waals surface area contributed by atoms with Gasteiger partial charge in [0.05, 0.1) is 6.42 Å². The van der Waals surface area contributed by atoms with Crippen LogP contribution >= 0.6 is 22.6 Å². The summed E-state index contributed by atoms with van der Waals surface area (Å²) in [7, 11) is 1.68. The van der Waals surface area contributed by atoms with Crippen LogP contribution in [0.1, 0.15) is 37.6 Å². The van der Waals surface area contributed by atoms with E-state index in [1.807, 2.05) is 67.6 Å². The number of carbonyl (C=O) groups is 1. The second-order valence-corrected chi connectivity index (χ2v) is 10.6. The molecule has 0 atom stereocenters. The lowest BCUT2D eigenvalue weighted by molar-refractivity contribution is -0.128. The number of carbonyl (C=O) groups excluding carboxylic acids is 1. The van der Waals surface area contributed by atoms with Gasteiger partial charge in [-0.3, -0.25) is 0 Å². The van der Waals surface area contributed by atoms with E-state index in [0.717, 1.165) is 34.0 Å². The molecule has 0 saturated heterocycles. The molecule has 0 bridgehead atoms. The molecule has 4 rings (SSSR count). The van der Waals surface area contributed by atoms with E-state index < -0.39 is 18.2 Å². The van der Waals surface area contributed by atoms with Crippen molar-refractivity contribution in [2.24, 2.45) is 7.05 Å². The number of hydrogen-bond donors (Lipinski definition) is 0. The number of nitrogens with zero attached hydrogens (tertiary/aromatic N) is 2. The standard InChI is InChI=1S/C25H26F3IN2O2/c1-24(2,3)33-23(32)31-10-9-15-5-6-16(11-18(15)14-31)17-7-8-19-20(12-17)30(4)21(22(19)29)13-25(26,27)28/h5-8,11-12H,9-10,13-14H2,1-4H3. The van der Waals surface area contributed by atoms with Gasteiger partial charge in [-0.05, 0) is 84.2 Å². The molecule has 3 aromatic rings. The van der Waals surface area contributed by atoms with Crippen LogP contribution in [0, 0.1) is 3.57 Å². The summed E-state index contributed by atoms with van der Waals surface area (Å²) in [6.07, 6.45) is -4.78. The zero-order chi connectivity index (χ0) is 24.1. The minimum Gasteiger partial charge on any atom is -0.444 e. The number of fused-ring (bicyclic) bond motifs is 2. The molecule has 2 heterocycles. The molecule has 0 N–H and O–H groups in total. The fourth-order valence-corrected chi connectivity index (χ4v) is 5.24. The first-order valence-corrected chi connectivity index (χ1v) is 11.8. The minimum absolute atomic E-state index is 0.272. The van der Waals surface area contributed by atoms with Gasteiger partial charge in [-0.15, -0.1) is 0 Å². The van der Waals surface area contributed by atoms with Crippen molar-refractivity contribution >= 4 is 39.6 Å². The fraction of sp³-hybridized carbons (Fsp3) is 0.400. The van der Waals surface area contributed by atoms with Crippen LogP contribution in [0.5, 0.6) is 0 Å². The molecule has 0 fully saturated rings. The molecule has 0 unspecified atom stereocenters. The summed E-state index contributed by atoms with van der Waals surface area (Å²) in [5.41, 5.74) is 4.64. The van der Waals surface area contributed by atoms with Crippen molar-refractivity contribution in [3.05, 3.63) is 56.8 Å². The van der Waals surface area contributed by atoms with Crippen LogP contribution in [-0.4, -0.2) is 33.9 Å². The van der Waals surface area contributed by atoms with Gasteiger partial charge in [-0.2, -0.15) is 13.2 Å². The van der Waals surface area contributed by atoms with Gasteiger partial charge in [0.15, 0.2) is 0 Å². The Balaban J connectivity index is 1.65. The number of aromatic nitrogens is 1. The number of hydrogen-bond acceptors (Lipinski definition) is 2. The van der Waals surface area contributed by atoms with Gasteiger partial charge >= 0.3 is 12.3 Å². The second kappa shape index (κ2) is 8.52. The zero-order valence-electron chi connectivity index (χ0n) is 19.0. The third-order valence-electron chi connectivity index (χ3n) is 5.83. The molecule has 1 amide bonds. The summed E-state index contributed by atoms with van der Waals surface area (Å²) in [5.74, 6) is 0. The molecule has 0 spiro atoms. The monoisotopic (exact) mass is 570 g/mol. The van der Waals surface area contributed by atoms with Crippen LogP contribution in [0.15, 0.2) is 36.4 Å². The maximum Gasteiger partial charge on any atom is 0.410 e. The topological polar surface area (TPSA) is 34.5 Å². The van der Waals surface area contributed by atoms with Crippen LogP contribution in [0.25, 0.3) is 22.0 Å². The van der Waals surface area contributed by atoms with E-state index in [1.54, 1.807) is 16.5 Å². The molecule has 1 aliphatic heterocycles. The molecule has 1 aromatic heterocycles. The predicted octanol–water partition coefficient (Wildman–Crippen LogP) is 6.85. The van der Waals surface area contributed by atoms with E-state index in [9.17, 15) is 18.0 Å². The quantitative estimate of drug-likeness (QED) is 0.316. The lowest BCUT2D eigenvalue weighted by atomic mass is 9.94. The van der Waals surface area contributed by atoms with Crippen molar-refractivity contribution in [2.45, 2.75) is 51.9 Å². The zero-order valence-corrected chi connectivity index (χ0v) is 21.2. The van der Waals surface area contributed by atoms with Gasteiger partial charge in [-0.25, -0.2) is 4.79 Å². The summed E-state index contributed by atoms with van der Waals surface area (Å²) >= 11 is 2.00. The van der Waals surface area contributed by atoms with Crippen LogP contribution < -0.4 is 0 Å². The minimum atomic E-state index is -4.26. The van der Waals surface area contributed by atoms with Gasteiger partial charge in [0.2, 0.25) is 0 Å². The lowest BCUT2D eigenvalue weighted by Crippen LogP contribution is -2.39. The number of aryl methyl sites for hydroxylation is 1. The third-order valence-corrected chi connectivity index (χ3v) is 7.03. The highest BCUT2D eigenvalue weighted by Gasteiger charge is 2.31. The average Bonchev–Trinajstić information content (AvgIpc) is 2.95. The molecule has 33 heavy (non-hydrogen) atoms. The Hall–Kier alpha value is -2.23. The van der Waals surface area contributed by atoms with E-state index in [0.29, 0.717) is 16.7 Å². The third kappa shape index (κ3) is 5.15. The van der Waals surface area contributed by atoms with Crippen LogP contribution in [0.4, 0.5) is 18.0 Å². The highest BCUT2D eigenvalue weighted by molar-refractivity contribution is 14.1. The van der Waals surface area contributed by atoms with Crippen LogP contribution in [0.3, 0.4) is 0 Å². The number of benzene rings is 2. The van der Waals surface area contributed by atoms with Gasteiger partial charge in [0.1, 0.15) is 5.60 Å². The molecule has 2 aromatic carbocycles. The first-order chi connectivity index (χ1) is 15.3. The number of rotatable bonds is 2. The number of alkyl halides is 3. The maximum atomic E-state index is 13.1. The highest BCUT2D eigenvalue weighted by atomic mass is 127. The van der Waals surface area contributed by atoms with E-state index in [1.165, 1.54) is 5.56 Å². The second-order valence-electron chi connectivity index (χ2n) is 9.48. The fourth-order valence-electron chi connectivity index (χ4n) is 4.23. The summed E-state index contributed by atoms with van der Waals surface area (Å²) in [4.78, 5) is 14.2. The molecule has 0 saturated carbocycles. The molecule has 0 radical (unpaired) electrons. The number of amides is 1. The largest absolute Gasteiger partial charge is 0.444 e. The Morgan fingerprint density at radius 1 is 1.06 bits per heavy atom.